The standard InChI is InChI=1S/C11H8BrF2NO3/c12-6-2-8(14)9(3-7(6)13)15-10(16)4-1-5(4)11(17)18/h2-5H,1H2,(H,15,16)(H,17,18). The van der Waals surface area contributed by atoms with Gasteiger partial charge in [0.2, 0.25) is 5.91 Å². The zero-order valence-electron chi connectivity index (χ0n) is 8.91. The summed E-state index contributed by atoms with van der Waals surface area (Å²) in [7, 11) is 0. The highest BCUT2D eigenvalue weighted by atomic mass is 79.9. The second kappa shape index (κ2) is 4.64. The van der Waals surface area contributed by atoms with Crippen molar-refractivity contribution in [3.05, 3.63) is 28.2 Å². The van der Waals surface area contributed by atoms with Gasteiger partial charge in [0.25, 0.3) is 0 Å². The Morgan fingerprint density at radius 1 is 1.28 bits per heavy atom. The molecule has 0 saturated heterocycles. The first-order valence-electron chi connectivity index (χ1n) is 5.08. The maximum absolute atomic E-state index is 13.4. The van der Waals surface area contributed by atoms with Crippen molar-refractivity contribution in [1.29, 1.82) is 0 Å². The summed E-state index contributed by atoms with van der Waals surface area (Å²) in [6.07, 6.45) is 0.224. The Kier molecular flexibility index (Phi) is 3.34. The Balaban J connectivity index is 2.09. The van der Waals surface area contributed by atoms with Crippen LogP contribution in [0.3, 0.4) is 0 Å². The van der Waals surface area contributed by atoms with Crippen molar-refractivity contribution in [2.24, 2.45) is 11.8 Å². The predicted molar refractivity (Wildman–Crippen MR) is 61.9 cm³/mol. The molecule has 0 spiro atoms. The van der Waals surface area contributed by atoms with Gasteiger partial charge in [0, 0.05) is 6.07 Å². The molecule has 1 aliphatic rings. The molecular weight excluding hydrogens is 312 g/mol. The van der Waals surface area contributed by atoms with Crippen LogP contribution >= 0.6 is 15.9 Å². The molecule has 1 saturated carbocycles. The highest BCUT2D eigenvalue weighted by molar-refractivity contribution is 9.10. The van der Waals surface area contributed by atoms with Crippen molar-refractivity contribution in [3.8, 4) is 0 Å². The lowest BCUT2D eigenvalue weighted by Crippen LogP contribution is -2.17. The molecule has 18 heavy (non-hydrogen) atoms. The van der Waals surface area contributed by atoms with E-state index in [1.54, 1.807) is 0 Å². The number of benzene rings is 1. The summed E-state index contributed by atoms with van der Waals surface area (Å²) in [4.78, 5) is 22.1. The minimum absolute atomic E-state index is 0.0483. The predicted octanol–water partition coefficient (Wildman–Crippen LogP) is 2.39. The fourth-order valence-electron chi connectivity index (χ4n) is 1.60. The molecule has 0 aromatic heterocycles. The Morgan fingerprint density at radius 3 is 2.50 bits per heavy atom. The molecule has 1 aromatic rings. The van der Waals surface area contributed by atoms with E-state index in [1.807, 2.05) is 0 Å². The van der Waals surface area contributed by atoms with Gasteiger partial charge in [-0.25, -0.2) is 8.78 Å². The van der Waals surface area contributed by atoms with Gasteiger partial charge in [0.15, 0.2) is 0 Å². The number of amides is 1. The van der Waals surface area contributed by atoms with Gasteiger partial charge in [-0.1, -0.05) is 0 Å². The molecule has 0 radical (unpaired) electrons. The molecule has 4 nitrogen and oxygen atoms in total. The summed E-state index contributed by atoms with van der Waals surface area (Å²) in [6, 6.07) is 1.74. The van der Waals surface area contributed by atoms with Crippen molar-refractivity contribution < 1.29 is 23.5 Å². The van der Waals surface area contributed by atoms with Crippen LogP contribution in [0.1, 0.15) is 6.42 Å². The number of carbonyl (C=O) groups excluding carboxylic acids is 1. The molecule has 1 fully saturated rings. The highest BCUT2D eigenvalue weighted by Gasteiger charge is 2.48. The lowest BCUT2D eigenvalue weighted by atomic mass is 10.2. The maximum atomic E-state index is 13.4. The SMILES string of the molecule is O=C(O)C1CC1C(=O)Nc1cc(F)c(Br)cc1F. The molecule has 0 heterocycles. The molecule has 0 bridgehead atoms. The number of rotatable bonds is 3. The second-order valence-electron chi connectivity index (χ2n) is 4.02. The van der Waals surface area contributed by atoms with Crippen molar-refractivity contribution in [2.45, 2.75) is 6.42 Å². The molecule has 0 aliphatic heterocycles. The molecule has 96 valence electrons. The van der Waals surface area contributed by atoms with Crippen LogP contribution in [0.5, 0.6) is 0 Å². The Hall–Kier alpha value is -1.50. The Bertz CT molecular complexity index is 535. The molecule has 7 heteroatoms. The van der Waals surface area contributed by atoms with E-state index in [0.29, 0.717) is 0 Å². The van der Waals surface area contributed by atoms with Crippen LogP contribution in [-0.2, 0) is 9.59 Å². The number of hydrogen-bond acceptors (Lipinski definition) is 2. The zero-order chi connectivity index (χ0) is 13.4. The smallest absolute Gasteiger partial charge is 0.307 e. The summed E-state index contributed by atoms with van der Waals surface area (Å²) in [5.74, 6) is -4.57. The van der Waals surface area contributed by atoms with Crippen molar-refractivity contribution >= 4 is 33.5 Å². The number of carboxylic acids is 1. The second-order valence-corrected chi connectivity index (χ2v) is 4.88. The van der Waals surface area contributed by atoms with E-state index in [9.17, 15) is 18.4 Å². The van der Waals surface area contributed by atoms with Gasteiger partial charge in [-0.3, -0.25) is 9.59 Å². The minimum Gasteiger partial charge on any atom is -0.481 e. The van der Waals surface area contributed by atoms with Crippen LogP contribution in [0.25, 0.3) is 0 Å². The first kappa shape index (κ1) is 12.9. The van der Waals surface area contributed by atoms with Gasteiger partial charge in [0.1, 0.15) is 11.6 Å². The summed E-state index contributed by atoms with van der Waals surface area (Å²) in [5.41, 5.74) is -0.295. The molecule has 1 amide bonds. The summed E-state index contributed by atoms with van der Waals surface area (Å²) < 4.78 is 26.5. The molecule has 1 aromatic carbocycles. The number of hydrogen-bond donors (Lipinski definition) is 2. The Labute approximate surface area is 109 Å². The average Bonchev–Trinajstić information content (AvgIpc) is 3.05. The third-order valence-corrected chi connectivity index (χ3v) is 3.32. The van der Waals surface area contributed by atoms with Crippen molar-refractivity contribution in [3.63, 3.8) is 0 Å². The van der Waals surface area contributed by atoms with Crippen molar-refractivity contribution in [2.75, 3.05) is 5.32 Å². The number of nitrogens with one attached hydrogen (secondary N) is 1. The van der Waals surface area contributed by atoms with Gasteiger partial charge in [-0.15, -0.1) is 0 Å². The normalized spacial score (nSPS) is 21.5. The van der Waals surface area contributed by atoms with E-state index in [4.69, 9.17) is 5.11 Å². The van der Waals surface area contributed by atoms with Gasteiger partial charge in [0.05, 0.1) is 22.0 Å². The summed E-state index contributed by atoms with van der Waals surface area (Å²) >= 11 is 2.81. The Morgan fingerprint density at radius 2 is 1.94 bits per heavy atom. The minimum atomic E-state index is -1.06. The highest BCUT2D eigenvalue weighted by Crippen LogP contribution is 2.39. The quantitative estimate of drug-likeness (QED) is 0.841. The number of halogens is 3. The summed E-state index contributed by atoms with van der Waals surface area (Å²) in [5, 5.41) is 10.8. The third kappa shape index (κ3) is 2.50. The summed E-state index contributed by atoms with van der Waals surface area (Å²) in [6.45, 7) is 0. The lowest BCUT2D eigenvalue weighted by Gasteiger charge is -2.06. The van der Waals surface area contributed by atoms with Crippen LogP contribution in [0, 0.1) is 23.5 Å². The van der Waals surface area contributed by atoms with Crippen LogP contribution < -0.4 is 5.32 Å². The average molecular weight is 320 g/mol. The fraction of sp³-hybridized carbons (Fsp3) is 0.273. The van der Waals surface area contributed by atoms with Gasteiger partial charge in [-0.2, -0.15) is 0 Å². The first-order valence-corrected chi connectivity index (χ1v) is 5.87. The molecule has 2 atom stereocenters. The van der Waals surface area contributed by atoms with Crippen LogP contribution in [-0.4, -0.2) is 17.0 Å². The van der Waals surface area contributed by atoms with Crippen LogP contribution in [0.2, 0.25) is 0 Å². The third-order valence-electron chi connectivity index (χ3n) is 2.71. The van der Waals surface area contributed by atoms with Crippen LogP contribution in [0.15, 0.2) is 16.6 Å². The van der Waals surface area contributed by atoms with E-state index < -0.39 is 35.3 Å². The van der Waals surface area contributed by atoms with E-state index >= 15 is 0 Å². The zero-order valence-corrected chi connectivity index (χ0v) is 10.5. The number of aliphatic carboxylic acids is 1. The number of carbonyl (C=O) groups is 2. The number of carboxylic acid groups (broad SMARTS) is 1. The first-order chi connectivity index (χ1) is 8.40. The number of anilines is 1. The largest absolute Gasteiger partial charge is 0.481 e. The molecule has 2 N–H and O–H groups in total. The van der Waals surface area contributed by atoms with Crippen molar-refractivity contribution in [1.82, 2.24) is 0 Å². The van der Waals surface area contributed by atoms with E-state index in [0.717, 1.165) is 12.1 Å². The van der Waals surface area contributed by atoms with Gasteiger partial charge in [-0.05, 0) is 28.4 Å². The lowest BCUT2D eigenvalue weighted by molar-refractivity contribution is -0.139. The molecular formula is C11H8BrF2NO3. The fourth-order valence-corrected chi connectivity index (χ4v) is 1.92. The van der Waals surface area contributed by atoms with Crippen LogP contribution in [0.4, 0.5) is 14.5 Å². The molecule has 2 unspecified atom stereocenters. The van der Waals surface area contributed by atoms with Gasteiger partial charge >= 0.3 is 5.97 Å². The van der Waals surface area contributed by atoms with E-state index in [2.05, 4.69) is 21.2 Å². The van der Waals surface area contributed by atoms with E-state index in [1.165, 1.54) is 0 Å². The maximum Gasteiger partial charge on any atom is 0.307 e. The molecule has 1 aliphatic carbocycles. The topological polar surface area (TPSA) is 66.4 Å². The monoisotopic (exact) mass is 319 g/mol. The van der Waals surface area contributed by atoms with Gasteiger partial charge < -0.3 is 10.4 Å². The van der Waals surface area contributed by atoms with E-state index in [-0.39, 0.29) is 16.6 Å². The molecule has 2 rings (SSSR count).